The van der Waals surface area contributed by atoms with Gasteiger partial charge in [-0.2, -0.15) is 0 Å². The standard InChI is InChI=1S/C7H5F5O2S/c8-15(9,10,11,12)14-7-3-1-6(5-13)2-4-7/h1-5H. The Morgan fingerprint density at radius 3 is 1.80 bits per heavy atom. The minimum Gasteiger partial charge on any atom is -0.355 e. The lowest BCUT2D eigenvalue weighted by molar-refractivity contribution is 0.112. The van der Waals surface area contributed by atoms with E-state index in [2.05, 4.69) is 4.18 Å². The number of carbonyl (C=O) groups is 1. The first kappa shape index (κ1) is 11.8. The zero-order valence-corrected chi connectivity index (χ0v) is 7.82. The van der Waals surface area contributed by atoms with Gasteiger partial charge in [-0.05, 0) is 24.3 Å². The molecule has 1 aromatic rings. The fraction of sp³-hybridized carbons (Fsp3) is 0. The summed E-state index contributed by atoms with van der Waals surface area (Å²) in [4.78, 5) is 10.1. The summed E-state index contributed by atoms with van der Waals surface area (Å²) in [6.07, 6.45) is 0.365. The van der Waals surface area contributed by atoms with Crippen LogP contribution in [0.3, 0.4) is 0 Å². The molecule has 0 spiro atoms. The van der Waals surface area contributed by atoms with E-state index in [9.17, 15) is 24.2 Å². The zero-order chi connectivity index (χ0) is 11.8. The number of carbonyl (C=O) groups excluding carboxylic acids is 1. The molecule has 15 heavy (non-hydrogen) atoms. The van der Waals surface area contributed by atoms with Crippen molar-refractivity contribution in [3.63, 3.8) is 0 Å². The second-order valence-corrected chi connectivity index (χ2v) is 4.63. The number of aldehydes is 1. The minimum atomic E-state index is -9.91. The Balaban J connectivity index is 2.97. The van der Waals surface area contributed by atoms with Gasteiger partial charge < -0.3 is 4.18 Å². The first-order valence-electron chi connectivity index (χ1n) is 3.49. The highest BCUT2D eigenvalue weighted by Gasteiger charge is 2.67. The number of rotatable bonds is 3. The number of hydrogen-bond donors (Lipinski definition) is 0. The van der Waals surface area contributed by atoms with Crippen LogP contribution in [0.5, 0.6) is 5.75 Å². The van der Waals surface area contributed by atoms with Crippen LogP contribution in [0.15, 0.2) is 24.3 Å². The maximum atomic E-state index is 11.8. The molecule has 0 saturated carbocycles. The average Bonchev–Trinajstić information content (AvgIpc) is 2.00. The van der Waals surface area contributed by atoms with Crippen molar-refractivity contribution in [3.05, 3.63) is 29.8 Å². The van der Waals surface area contributed by atoms with Gasteiger partial charge in [0.15, 0.2) is 0 Å². The largest absolute Gasteiger partial charge is 0.435 e. The fourth-order valence-corrected chi connectivity index (χ4v) is 1.26. The summed E-state index contributed by atoms with van der Waals surface area (Å²) in [6, 6.07) is 3.15. The van der Waals surface area contributed by atoms with Gasteiger partial charge in [-0.15, -0.1) is 0 Å². The van der Waals surface area contributed by atoms with Crippen LogP contribution in [-0.2, 0) is 0 Å². The normalized spacial score (nSPS) is 16.3. The summed E-state index contributed by atoms with van der Waals surface area (Å²) in [6.45, 7) is 0. The van der Waals surface area contributed by atoms with E-state index in [0.29, 0.717) is 18.4 Å². The van der Waals surface area contributed by atoms with Crippen LogP contribution in [0, 0.1) is 0 Å². The van der Waals surface area contributed by atoms with E-state index in [1.165, 1.54) is 0 Å². The first-order valence-corrected chi connectivity index (χ1v) is 5.36. The second-order valence-electron chi connectivity index (χ2n) is 2.67. The Morgan fingerprint density at radius 1 is 1.00 bits per heavy atom. The molecule has 0 unspecified atom stereocenters. The number of benzene rings is 1. The lowest BCUT2D eigenvalue weighted by atomic mass is 10.2. The van der Waals surface area contributed by atoms with E-state index in [1.54, 1.807) is 0 Å². The minimum absolute atomic E-state index is 0.0597. The van der Waals surface area contributed by atoms with Gasteiger partial charge in [0.25, 0.3) is 0 Å². The maximum Gasteiger partial charge on any atom is 0.435 e. The summed E-state index contributed by atoms with van der Waals surface area (Å²) >= 11 is 0. The smallest absolute Gasteiger partial charge is 0.355 e. The summed E-state index contributed by atoms with van der Waals surface area (Å²) in [5.41, 5.74) is 0.0597. The molecule has 0 aromatic heterocycles. The Labute approximate surface area is 81.6 Å². The van der Waals surface area contributed by atoms with E-state index >= 15 is 0 Å². The van der Waals surface area contributed by atoms with Gasteiger partial charge in [-0.25, -0.2) is 0 Å². The fourth-order valence-electron chi connectivity index (χ4n) is 0.784. The summed E-state index contributed by atoms with van der Waals surface area (Å²) < 4.78 is 61.7. The molecular weight excluding hydrogens is 243 g/mol. The van der Waals surface area contributed by atoms with Gasteiger partial charge in [-0.3, -0.25) is 4.79 Å². The molecule has 0 amide bonds. The molecule has 0 aliphatic rings. The van der Waals surface area contributed by atoms with E-state index < -0.39 is 16.3 Å². The molecule has 0 fully saturated rings. The van der Waals surface area contributed by atoms with Crippen LogP contribution >= 0.6 is 10.5 Å². The summed E-state index contributed by atoms with van der Waals surface area (Å²) in [5.74, 6) is -1.06. The van der Waals surface area contributed by atoms with Gasteiger partial charge in [-0.1, -0.05) is 19.4 Å². The van der Waals surface area contributed by atoms with Crippen molar-refractivity contribution in [1.82, 2.24) is 0 Å². The first-order chi connectivity index (χ1) is 6.49. The van der Waals surface area contributed by atoms with Gasteiger partial charge in [0.05, 0.1) is 0 Å². The predicted octanol–water partition coefficient (Wildman–Crippen LogP) is 4.09. The summed E-state index contributed by atoms with van der Waals surface area (Å²) in [5, 5.41) is 0. The van der Waals surface area contributed by atoms with Crippen molar-refractivity contribution in [2.45, 2.75) is 0 Å². The van der Waals surface area contributed by atoms with Crippen molar-refractivity contribution >= 4 is 16.8 Å². The van der Waals surface area contributed by atoms with Crippen LogP contribution in [-0.4, -0.2) is 6.29 Å². The van der Waals surface area contributed by atoms with Gasteiger partial charge >= 0.3 is 10.5 Å². The van der Waals surface area contributed by atoms with Crippen molar-refractivity contribution in [1.29, 1.82) is 0 Å². The molecule has 0 N–H and O–H groups in total. The zero-order valence-electron chi connectivity index (χ0n) is 7.00. The van der Waals surface area contributed by atoms with Crippen LogP contribution in [0.1, 0.15) is 10.4 Å². The lowest BCUT2D eigenvalue weighted by Gasteiger charge is -2.39. The van der Waals surface area contributed by atoms with Crippen molar-refractivity contribution in [2.75, 3.05) is 0 Å². The molecule has 0 bridgehead atoms. The van der Waals surface area contributed by atoms with E-state index in [1.807, 2.05) is 0 Å². The molecule has 8 heteroatoms. The van der Waals surface area contributed by atoms with Crippen molar-refractivity contribution < 1.29 is 28.4 Å². The van der Waals surface area contributed by atoms with E-state index in [0.717, 1.165) is 12.1 Å². The summed E-state index contributed by atoms with van der Waals surface area (Å²) in [7, 11) is -9.91. The predicted molar refractivity (Wildman–Crippen MR) is 45.6 cm³/mol. The average molecular weight is 248 g/mol. The third-order valence-corrected chi connectivity index (χ3v) is 1.78. The molecule has 0 aliphatic heterocycles. The molecule has 1 aromatic carbocycles. The quantitative estimate of drug-likeness (QED) is 0.594. The highest BCUT2D eigenvalue weighted by atomic mass is 32.5. The van der Waals surface area contributed by atoms with Gasteiger partial charge in [0, 0.05) is 5.56 Å². The van der Waals surface area contributed by atoms with Crippen molar-refractivity contribution in [2.24, 2.45) is 0 Å². The van der Waals surface area contributed by atoms with E-state index in [4.69, 9.17) is 0 Å². The molecule has 2 nitrogen and oxygen atoms in total. The van der Waals surface area contributed by atoms with Crippen LogP contribution in [0.2, 0.25) is 0 Å². The third kappa shape index (κ3) is 4.63. The lowest BCUT2D eigenvalue weighted by Crippen LogP contribution is -2.13. The molecule has 0 aliphatic carbocycles. The van der Waals surface area contributed by atoms with Crippen molar-refractivity contribution in [3.8, 4) is 5.75 Å². The third-order valence-electron chi connectivity index (χ3n) is 1.27. The highest BCUT2D eigenvalue weighted by molar-refractivity contribution is 8.42. The molecule has 0 atom stereocenters. The molecule has 0 saturated heterocycles. The highest BCUT2D eigenvalue weighted by Crippen LogP contribution is 2.97. The van der Waals surface area contributed by atoms with Gasteiger partial charge in [0.2, 0.25) is 0 Å². The molecule has 86 valence electrons. The molecular formula is C7H5F5O2S. The Hall–Kier alpha value is -1.31. The number of halogens is 5. The second kappa shape index (κ2) is 2.63. The molecule has 1 rings (SSSR count). The molecule has 0 radical (unpaired) electrons. The Bertz CT molecular complexity index is 381. The monoisotopic (exact) mass is 248 g/mol. The molecule has 0 heterocycles. The SMILES string of the molecule is O=Cc1ccc(OS(F)(F)(F)(F)F)cc1. The maximum absolute atomic E-state index is 11.8. The van der Waals surface area contributed by atoms with Crippen LogP contribution in [0.4, 0.5) is 19.4 Å². The van der Waals surface area contributed by atoms with Gasteiger partial charge in [0.1, 0.15) is 12.0 Å². The Kier molecular flexibility index (Phi) is 2.06. The van der Waals surface area contributed by atoms with Crippen LogP contribution < -0.4 is 4.18 Å². The Morgan fingerprint density at radius 2 is 1.47 bits per heavy atom. The number of hydrogen-bond acceptors (Lipinski definition) is 2. The van der Waals surface area contributed by atoms with E-state index in [-0.39, 0.29) is 5.56 Å². The van der Waals surface area contributed by atoms with Crippen LogP contribution in [0.25, 0.3) is 0 Å². The topological polar surface area (TPSA) is 26.3 Å².